The van der Waals surface area contributed by atoms with Crippen molar-refractivity contribution in [1.29, 1.82) is 5.26 Å². The fourth-order valence-electron chi connectivity index (χ4n) is 1.92. The van der Waals surface area contributed by atoms with Gasteiger partial charge in [0.1, 0.15) is 5.41 Å². The minimum Gasteiger partial charge on any atom is -0.469 e. The zero-order valence-electron chi connectivity index (χ0n) is 10.8. The Bertz CT molecular complexity index is 356. The summed E-state index contributed by atoms with van der Waals surface area (Å²) in [6.07, 6.45) is 0.951. The third kappa shape index (κ3) is 3.20. The molecule has 6 nitrogen and oxygen atoms in total. The Morgan fingerprint density at radius 2 is 2.06 bits per heavy atom. The third-order valence-corrected chi connectivity index (χ3v) is 3.20. The van der Waals surface area contributed by atoms with Crippen molar-refractivity contribution in [2.45, 2.75) is 19.3 Å². The first-order chi connectivity index (χ1) is 8.55. The van der Waals surface area contributed by atoms with Gasteiger partial charge in [0.2, 0.25) is 5.91 Å². The van der Waals surface area contributed by atoms with Crippen LogP contribution in [0.15, 0.2) is 0 Å². The molecule has 0 atom stereocenters. The molecule has 0 aromatic heterocycles. The lowest BCUT2D eigenvalue weighted by Crippen LogP contribution is -2.45. The van der Waals surface area contributed by atoms with E-state index in [0.29, 0.717) is 26.1 Å². The van der Waals surface area contributed by atoms with E-state index in [0.717, 1.165) is 0 Å². The Morgan fingerprint density at radius 3 is 2.56 bits per heavy atom. The van der Waals surface area contributed by atoms with Crippen LogP contribution in [0.4, 0.5) is 0 Å². The van der Waals surface area contributed by atoms with Crippen LogP contribution in [0.3, 0.4) is 0 Å². The Kier molecular flexibility index (Phi) is 5.10. The van der Waals surface area contributed by atoms with Crippen LogP contribution in [0, 0.1) is 16.7 Å². The zero-order chi connectivity index (χ0) is 13.6. The number of nitriles is 1. The number of amides is 1. The number of carbonyl (C=O) groups excluding carboxylic acids is 2. The molecule has 1 aliphatic heterocycles. The molecule has 0 radical (unpaired) electrons. The molecule has 6 heteroatoms. The highest BCUT2D eigenvalue weighted by molar-refractivity contribution is 5.85. The molecule has 0 N–H and O–H groups in total. The Hall–Kier alpha value is -1.61. The number of hydrogen-bond donors (Lipinski definition) is 0. The van der Waals surface area contributed by atoms with Crippen molar-refractivity contribution in [3.63, 3.8) is 0 Å². The number of carbonyl (C=O) groups is 2. The second kappa shape index (κ2) is 6.36. The summed E-state index contributed by atoms with van der Waals surface area (Å²) >= 11 is 0. The highest BCUT2D eigenvalue weighted by Gasteiger charge is 2.42. The summed E-state index contributed by atoms with van der Waals surface area (Å²) in [5.41, 5.74) is -0.997. The fourth-order valence-corrected chi connectivity index (χ4v) is 1.92. The first-order valence-electron chi connectivity index (χ1n) is 5.87. The van der Waals surface area contributed by atoms with Crippen molar-refractivity contribution >= 4 is 11.9 Å². The molecule has 1 aliphatic rings. The molecule has 0 bridgehead atoms. The summed E-state index contributed by atoms with van der Waals surface area (Å²) in [5.74, 6) is -0.607. The lowest BCUT2D eigenvalue weighted by molar-refractivity contribution is -0.144. The first-order valence-corrected chi connectivity index (χ1v) is 5.87. The molecular weight excluding hydrogens is 236 g/mol. The van der Waals surface area contributed by atoms with E-state index >= 15 is 0 Å². The number of nitrogens with zero attached hydrogens (tertiary/aromatic N) is 2. The average molecular weight is 254 g/mol. The second-order valence-electron chi connectivity index (χ2n) is 4.36. The van der Waals surface area contributed by atoms with Crippen molar-refractivity contribution in [2.75, 3.05) is 33.9 Å². The van der Waals surface area contributed by atoms with Crippen molar-refractivity contribution in [3.05, 3.63) is 0 Å². The normalized spacial score (nSPS) is 17.6. The van der Waals surface area contributed by atoms with Crippen molar-refractivity contribution in [1.82, 2.24) is 4.90 Å². The summed E-state index contributed by atoms with van der Waals surface area (Å²) in [4.78, 5) is 24.7. The van der Waals surface area contributed by atoms with Crippen LogP contribution in [-0.4, -0.2) is 50.7 Å². The van der Waals surface area contributed by atoms with E-state index < -0.39 is 5.41 Å². The second-order valence-corrected chi connectivity index (χ2v) is 4.36. The van der Waals surface area contributed by atoms with Gasteiger partial charge in [0.05, 0.1) is 19.6 Å². The summed E-state index contributed by atoms with van der Waals surface area (Å²) in [6, 6.07) is 2.11. The van der Waals surface area contributed by atoms with Gasteiger partial charge in [-0.3, -0.25) is 9.59 Å². The number of ether oxygens (including phenoxy) is 2. The number of hydrogen-bond acceptors (Lipinski definition) is 5. The first kappa shape index (κ1) is 14.5. The van der Waals surface area contributed by atoms with Gasteiger partial charge in [-0.1, -0.05) is 0 Å². The summed E-state index contributed by atoms with van der Waals surface area (Å²) in [5, 5.41) is 9.24. The lowest BCUT2D eigenvalue weighted by atomic mass is 9.80. The van der Waals surface area contributed by atoms with Crippen molar-refractivity contribution in [2.24, 2.45) is 5.41 Å². The lowest BCUT2D eigenvalue weighted by Gasteiger charge is -2.32. The van der Waals surface area contributed by atoms with Gasteiger partial charge in [0.25, 0.3) is 0 Å². The van der Waals surface area contributed by atoms with Crippen LogP contribution in [0.5, 0.6) is 0 Å². The average Bonchev–Trinajstić information content (AvgIpc) is 2.44. The number of methoxy groups -OCH3 is 1. The van der Waals surface area contributed by atoms with E-state index in [2.05, 4.69) is 10.8 Å². The molecular formula is C12H18N2O4. The SMILES string of the molecule is COC(=O)CCN(C)C(=O)C1(C#N)CCOCC1. The monoisotopic (exact) mass is 254 g/mol. The summed E-state index contributed by atoms with van der Waals surface area (Å²) in [6.45, 7) is 1.10. The van der Waals surface area contributed by atoms with E-state index in [1.807, 2.05) is 0 Å². The molecule has 100 valence electrons. The topological polar surface area (TPSA) is 79.6 Å². The predicted octanol–water partition coefficient (Wildman–Crippen LogP) is 0.328. The van der Waals surface area contributed by atoms with Gasteiger partial charge in [-0.2, -0.15) is 5.26 Å². The number of rotatable bonds is 4. The maximum Gasteiger partial charge on any atom is 0.307 e. The van der Waals surface area contributed by atoms with Gasteiger partial charge < -0.3 is 14.4 Å². The molecule has 1 saturated heterocycles. The van der Waals surface area contributed by atoms with Crippen LogP contribution in [0.2, 0.25) is 0 Å². The predicted molar refractivity (Wildman–Crippen MR) is 62.4 cm³/mol. The van der Waals surface area contributed by atoms with E-state index in [1.54, 1.807) is 7.05 Å². The van der Waals surface area contributed by atoms with Crippen molar-refractivity contribution < 1.29 is 19.1 Å². The highest BCUT2D eigenvalue weighted by Crippen LogP contribution is 2.31. The third-order valence-electron chi connectivity index (χ3n) is 3.20. The minimum atomic E-state index is -0.997. The Balaban J connectivity index is 2.61. The van der Waals surface area contributed by atoms with E-state index in [-0.39, 0.29) is 24.8 Å². The molecule has 1 fully saturated rings. The molecule has 1 heterocycles. The molecule has 1 rings (SSSR count). The van der Waals surface area contributed by atoms with E-state index in [1.165, 1.54) is 12.0 Å². The molecule has 0 spiro atoms. The molecule has 0 aromatic carbocycles. The van der Waals surface area contributed by atoms with Gasteiger partial charge >= 0.3 is 5.97 Å². The standard InChI is InChI=1S/C12H18N2O4/c1-14(6-3-10(15)17-2)11(16)12(9-13)4-7-18-8-5-12/h3-8H2,1-2H3. The molecule has 18 heavy (non-hydrogen) atoms. The van der Waals surface area contributed by atoms with Gasteiger partial charge in [0.15, 0.2) is 0 Å². The quantitative estimate of drug-likeness (QED) is 0.675. The zero-order valence-corrected chi connectivity index (χ0v) is 10.8. The molecule has 0 aliphatic carbocycles. The molecule has 0 unspecified atom stereocenters. The van der Waals surface area contributed by atoms with Gasteiger partial charge in [-0.05, 0) is 12.8 Å². The van der Waals surface area contributed by atoms with Gasteiger partial charge in [0, 0.05) is 26.8 Å². The highest BCUT2D eigenvalue weighted by atomic mass is 16.5. The van der Waals surface area contributed by atoms with Crippen LogP contribution in [-0.2, 0) is 19.1 Å². The van der Waals surface area contributed by atoms with Crippen LogP contribution >= 0.6 is 0 Å². The summed E-state index contributed by atoms with van der Waals surface area (Å²) in [7, 11) is 2.90. The van der Waals surface area contributed by atoms with Crippen molar-refractivity contribution in [3.8, 4) is 6.07 Å². The molecule has 0 aromatic rings. The number of esters is 1. The van der Waals surface area contributed by atoms with Gasteiger partial charge in [-0.15, -0.1) is 0 Å². The Labute approximate surface area is 106 Å². The van der Waals surface area contributed by atoms with Crippen LogP contribution in [0.1, 0.15) is 19.3 Å². The molecule has 1 amide bonds. The fraction of sp³-hybridized carbons (Fsp3) is 0.750. The smallest absolute Gasteiger partial charge is 0.307 e. The largest absolute Gasteiger partial charge is 0.469 e. The maximum absolute atomic E-state index is 12.2. The van der Waals surface area contributed by atoms with Crippen LogP contribution in [0.25, 0.3) is 0 Å². The van der Waals surface area contributed by atoms with Gasteiger partial charge in [-0.25, -0.2) is 0 Å². The summed E-state index contributed by atoms with van der Waals surface area (Å²) < 4.78 is 9.69. The Morgan fingerprint density at radius 1 is 1.44 bits per heavy atom. The van der Waals surface area contributed by atoms with E-state index in [4.69, 9.17) is 4.74 Å². The minimum absolute atomic E-state index is 0.136. The molecule has 0 saturated carbocycles. The van der Waals surface area contributed by atoms with E-state index in [9.17, 15) is 14.9 Å². The maximum atomic E-state index is 12.2. The van der Waals surface area contributed by atoms with Crippen LogP contribution < -0.4 is 0 Å².